The number of fused-ring (bicyclic) bond motifs is 1. The molecule has 1 atom stereocenters. The van der Waals surface area contributed by atoms with Gasteiger partial charge in [-0.05, 0) is 55.4 Å². The molecular weight excluding hydrogens is 288 g/mol. The predicted molar refractivity (Wildman–Crippen MR) is 91.7 cm³/mol. The van der Waals surface area contributed by atoms with Gasteiger partial charge in [0.25, 0.3) is 5.91 Å². The van der Waals surface area contributed by atoms with E-state index < -0.39 is 0 Å². The molecule has 1 amide bonds. The first-order valence-corrected chi connectivity index (χ1v) is 8.99. The topological polar surface area (TPSA) is 43.8 Å². The summed E-state index contributed by atoms with van der Waals surface area (Å²) in [6.45, 7) is 5.53. The molecule has 0 radical (unpaired) electrons. The summed E-state index contributed by atoms with van der Waals surface area (Å²) in [6, 6.07) is 6.50. The van der Waals surface area contributed by atoms with E-state index in [9.17, 15) is 9.90 Å². The van der Waals surface area contributed by atoms with Gasteiger partial charge >= 0.3 is 0 Å². The Morgan fingerprint density at radius 1 is 1.13 bits per heavy atom. The van der Waals surface area contributed by atoms with Crippen LogP contribution >= 0.6 is 0 Å². The van der Waals surface area contributed by atoms with Crippen LogP contribution in [0.3, 0.4) is 0 Å². The zero-order valence-corrected chi connectivity index (χ0v) is 14.1. The minimum atomic E-state index is 0.162. The van der Waals surface area contributed by atoms with E-state index in [0.717, 1.165) is 51.0 Å². The smallest absolute Gasteiger partial charge is 0.253 e. The number of aliphatic hydroxyl groups is 1. The second-order valence-electron chi connectivity index (χ2n) is 6.76. The fourth-order valence-corrected chi connectivity index (χ4v) is 3.84. The molecule has 1 fully saturated rings. The highest BCUT2D eigenvalue weighted by atomic mass is 16.3. The van der Waals surface area contributed by atoms with Gasteiger partial charge in [0.1, 0.15) is 0 Å². The van der Waals surface area contributed by atoms with E-state index in [1.165, 1.54) is 24.0 Å². The van der Waals surface area contributed by atoms with Crippen molar-refractivity contribution in [3.8, 4) is 0 Å². The molecule has 1 aromatic rings. The fourth-order valence-electron chi connectivity index (χ4n) is 3.84. The largest absolute Gasteiger partial charge is 0.395 e. The fraction of sp³-hybridized carbons (Fsp3) is 0.632. The van der Waals surface area contributed by atoms with Crippen molar-refractivity contribution in [2.24, 2.45) is 0 Å². The third kappa shape index (κ3) is 3.59. The molecule has 1 unspecified atom stereocenters. The average Bonchev–Trinajstić information content (AvgIpc) is 2.62. The molecule has 0 saturated carbocycles. The number of benzene rings is 1. The third-order valence-corrected chi connectivity index (χ3v) is 5.40. The van der Waals surface area contributed by atoms with Crippen molar-refractivity contribution in [3.05, 3.63) is 34.9 Å². The maximum absolute atomic E-state index is 12.8. The van der Waals surface area contributed by atoms with Crippen LogP contribution in [0.1, 0.15) is 47.7 Å². The number of aryl methyl sites for hydroxylation is 2. The van der Waals surface area contributed by atoms with Gasteiger partial charge in [-0.3, -0.25) is 9.69 Å². The highest BCUT2D eigenvalue weighted by molar-refractivity contribution is 5.94. The molecule has 23 heavy (non-hydrogen) atoms. The maximum Gasteiger partial charge on any atom is 0.253 e. The Balaban J connectivity index is 1.63. The van der Waals surface area contributed by atoms with Gasteiger partial charge in [0.2, 0.25) is 0 Å². The van der Waals surface area contributed by atoms with E-state index in [2.05, 4.69) is 24.0 Å². The van der Waals surface area contributed by atoms with Gasteiger partial charge in [-0.15, -0.1) is 0 Å². The predicted octanol–water partition coefficient (Wildman–Crippen LogP) is 2.09. The molecule has 0 aromatic heterocycles. The van der Waals surface area contributed by atoms with E-state index in [1.54, 1.807) is 0 Å². The zero-order valence-electron chi connectivity index (χ0n) is 14.1. The van der Waals surface area contributed by atoms with E-state index in [1.807, 2.05) is 11.0 Å². The van der Waals surface area contributed by atoms with E-state index in [4.69, 9.17) is 0 Å². The molecule has 1 heterocycles. The third-order valence-electron chi connectivity index (χ3n) is 5.40. The standard InChI is InChI=1S/C19H28N2O2/c1-2-18(14-22)20-9-11-21(12-10-20)19(23)17-8-7-15-5-3-4-6-16(15)13-17/h7-8,13,18,22H,2-6,9-12,14H2,1H3. The summed E-state index contributed by atoms with van der Waals surface area (Å²) in [6.07, 6.45) is 5.73. The average molecular weight is 316 g/mol. The monoisotopic (exact) mass is 316 g/mol. The zero-order chi connectivity index (χ0) is 16.2. The second-order valence-corrected chi connectivity index (χ2v) is 6.76. The molecular formula is C19H28N2O2. The number of carbonyl (C=O) groups excluding carboxylic acids is 1. The summed E-state index contributed by atoms with van der Waals surface area (Å²) in [5.74, 6) is 0.162. The van der Waals surface area contributed by atoms with Gasteiger partial charge in [-0.1, -0.05) is 13.0 Å². The molecule has 3 rings (SSSR count). The van der Waals surface area contributed by atoms with Gasteiger partial charge in [0.05, 0.1) is 6.61 Å². The minimum absolute atomic E-state index is 0.162. The van der Waals surface area contributed by atoms with Crippen molar-refractivity contribution in [3.63, 3.8) is 0 Å². The summed E-state index contributed by atoms with van der Waals surface area (Å²) in [5.41, 5.74) is 3.63. The minimum Gasteiger partial charge on any atom is -0.395 e. The highest BCUT2D eigenvalue weighted by Crippen LogP contribution is 2.23. The number of carbonyl (C=O) groups is 1. The number of aliphatic hydroxyl groups excluding tert-OH is 1. The molecule has 126 valence electrons. The first kappa shape index (κ1) is 16.5. The molecule has 1 aliphatic heterocycles. The number of nitrogens with zero attached hydrogens (tertiary/aromatic N) is 2. The van der Waals surface area contributed by atoms with Crippen molar-refractivity contribution in [2.45, 2.75) is 45.1 Å². The number of piperazine rings is 1. The first-order chi connectivity index (χ1) is 11.2. The molecule has 1 aromatic carbocycles. The van der Waals surface area contributed by atoms with E-state index in [0.29, 0.717) is 0 Å². The van der Waals surface area contributed by atoms with Crippen LogP contribution in [0.2, 0.25) is 0 Å². The lowest BCUT2D eigenvalue weighted by Crippen LogP contribution is -2.52. The van der Waals surface area contributed by atoms with Crippen LogP contribution in [0.15, 0.2) is 18.2 Å². The SMILES string of the molecule is CCC(CO)N1CCN(C(=O)c2ccc3c(c2)CCCC3)CC1. The Morgan fingerprint density at radius 3 is 2.48 bits per heavy atom. The van der Waals surface area contributed by atoms with Crippen molar-refractivity contribution < 1.29 is 9.90 Å². The molecule has 0 spiro atoms. The van der Waals surface area contributed by atoms with Crippen LogP contribution in [-0.4, -0.2) is 59.6 Å². The molecule has 2 aliphatic rings. The Labute approximate surface area is 139 Å². The summed E-state index contributed by atoms with van der Waals surface area (Å²) >= 11 is 0. The van der Waals surface area contributed by atoms with Crippen LogP contribution < -0.4 is 0 Å². The van der Waals surface area contributed by atoms with Crippen molar-refractivity contribution in [1.29, 1.82) is 0 Å². The Morgan fingerprint density at radius 2 is 1.83 bits per heavy atom. The van der Waals surface area contributed by atoms with Crippen LogP contribution in [0.25, 0.3) is 0 Å². The second kappa shape index (κ2) is 7.45. The Bertz CT molecular complexity index is 546. The summed E-state index contributed by atoms with van der Waals surface area (Å²) in [5, 5.41) is 9.42. The number of hydrogen-bond donors (Lipinski definition) is 1. The van der Waals surface area contributed by atoms with Crippen LogP contribution in [-0.2, 0) is 12.8 Å². The highest BCUT2D eigenvalue weighted by Gasteiger charge is 2.26. The lowest BCUT2D eigenvalue weighted by molar-refractivity contribution is 0.0472. The van der Waals surface area contributed by atoms with Gasteiger partial charge < -0.3 is 10.0 Å². The Kier molecular flexibility index (Phi) is 5.34. The molecule has 1 aliphatic carbocycles. The van der Waals surface area contributed by atoms with E-state index >= 15 is 0 Å². The van der Waals surface area contributed by atoms with Crippen molar-refractivity contribution in [1.82, 2.24) is 9.80 Å². The van der Waals surface area contributed by atoms with Crippen molar-refractivity contribution >= 4 is 5.91 Å². The van der Waals surface area contributed by atoms with Gasteiger partial charge in [-0.2, -0.15) is 0 Å². The summed E-state index contributed by atoms with van der Waals surface area (Å²) in [4.78, 5) is 17.0. The van der Waals surface area contributed by atoms with Crippen LogP contribution in [0.5, 0.6) is 0 Å². The number of amides is 1. The maximum atomic E-state index is 12.8. The molecule has 1 saturated heterocycles. The van der Waals surface area contributed by atoms with E-state index in [-0.39, 0.29) is 18.6 Å². The molecule has 0 bridgehead atoms. The number of hydrogen-bond acceptors (Lipinski definition) is 3. The van der Waals surface area contributed by atoms with Gasteiger partial charge in [0, 0.05) is 37.8 Å². The van der Waals surface area contributed by atoms with Crippen LogP contribution in [0, 0.1) is 0 Å². The summed E-state index contributed by atoms with van der Waals surface area (Å²) in [7, 11) is 0. The number of rotatable bonds is 4. The van der Waals surface area contributed by atoms with Crippen LogP contribution in [0.4, 0.5) is 0 Å². The van der Waals surface area contributed by atoms with Gasteiger partial charge in [0.15, 0.2) is 0 Å². The van der Waals surface area contributed by atoms with Gasteiger partial charge in [-0.25, -0.2) is 0 Å². The molecule has 4 heteroatoms. The normalized spacial score (nSPS) is 20.2. The summed E-state index contributed by atoms with van der Waals surface area (Å²) < 4.78 is 0. The molecule has 4 nitrogen and oxygen atoms in total. The molecule has 1 N–H and O–H groups in total. The lowest BCUT2D eigenvalue weighted by atomic mass is 9.90. The van der Waals surface area contributed by atoms with Crippen molar-refractivity contribution in [2.75, 3.05) is 32.8 Å². The lowest BCUT2D eigenvalue weighted by Gasteiger charge is -2.38. The Hall–Kier alpha value is -1.39. The quantitative estimate of drug-likeness (QED) is 0.925. The first-order valence-electron chi connectivity index (χ1n) is 8.99.